The smallest absolute Gasteiger partial charge is 0.292 e. The molecule has 0 saturated heterocycles. The summed E-state index contributed by atoms with van der Waals surface area (Å²) >= 11 is 0. The lowest BCUT2D eigenvalue weighted by molar-refractivity contribution is 0.0816. The minimum absolute atomic E-state index is 0.193. The van der Waals surface area contributed by atoms with Gasteiger partial charge in [0, 0.05) is 14.1 Å². The van der Waals surface area contributed by atoms with Crippen molar-refractivity contribution in [2.75, 3.05) is 14.1 Å². The third-order valence-electron chi connectivity index (χ3n) is 1.01. The van der Waals surface area contributed by atoms with Gasteiger partial charge in [-0.25, -0.2) is 4.98 Å². The van der Waals surface area contributed by atoms with Gasteiger partial charge < -0.3 is 4.90 Å². The molecule has 1 heterocycles. The molecule has 0 radical (unpaired) electrons. The number of nitrogens with one attached hydrogen (secondary N) is 1. The summed E-state index contributed by atoms with van der Waals surface area (Å²) in [6, 6.07) is 0. The lowest BCUT2D eigenvalue weighted by Crippen LogP contribution is -2.22. The van der Waals surface area contributed by atoms with Gasteiger partial charge in [-0.05, 0) is 0 Å². The molecule has 0 saturated carbocycles. The summed E-state index contributed by atoms with van der Waals surface area (Å²) < 4.78 is 0. The van der Waals surface area contributed by atoms with E-state index in [1.807, 2.05) is 0 Å². The van der Waals surface area contributed by atoms with Crippen LogP contribution in [-0.2, 0) is 0 Å². The number of rotatable bonds is 1. The van der Waals surface area contributed by atoms with Crippen molar-refractivity contribution in [2.24, 2.45) is 0 Å². The van der Waals surface area contributed by atoms with Crippen LogP contribution in [0.2, 0.25) is 0 Å². The Morgan fingerprint density at radius 1 is 1.70 bits per heavy atom. The molecular formula is C5H8N4O. The van der Waals surface area contributed by atoms with Crippen molar-refractivity contribution in [2.45, 2.75) is 0 Å². The van der Waals surface area contributed by atoms with Gasteiger partial charge in [0.15, 0.2) is 0 Å². The number of nitrogens with zero attached hydrogens (tertiary/aromatic N) is 3. The standard InChI is InChI=1S/C5H8N4O/c1-9(2)5(10)4-6-3-7-8-4/h3H,1-2H3,(H,6,7,8). The zero-order valence-electron chi connectivity index (χ0n) is 5.83. The van der Waals surface area contributed by atoms with Crippen LogP contribution in [0.3, 0.4) is 0 Å². The van der Waals surface area contributed by atoms with Gasteiger partial charge in [-0.3, -0.25) is 9.89 Å². The van der Waals surface area contributed by atoms with Gasteiger partial charge in [0.25, 0.3) is 5.91 Å². The lowest BCUT2D eigenvalue weighted by atomic mass is 10.5. The van der Waals surface area contributed by atoms with Crippen LogP contribution in [0.25, 0.3) is 0 Å². The normalized spacial score (nSPS) is 9.40. The summed E-state index contributed by atoms with van der Waals surface area (Å²) in [6.07, 6.45) is 1.37. The highest BCUT2D eigenvalue weighted by molar-refractivity contribution is 5.89. The fourth-order valence-corrected chi connectivity index (χ4v) is 0.512. The number of carbonyl (C=O) groups excluding carboxylic acids is 1. The molecule has 0 aliphatic heterocycles. The summed E-state index contributed by atoms with van der Waals surface area (Å²) in [4.78, 5) is 16.1. The number of carbonyl (C=O) groups is 1. The fraction of sp³-hybridized carbons (Fsp3) is 0.400. The van der Waals surface area contributed by atoms with Gasteiger partial charge >= 0.3 is 0 Å². The third-order valence-corrected chi connectivity index (χ3v) is 1.01. The third kappa shape index (κ3) is 1.12. The lowest BCUT2D eigenvalue weighted by Gasteiger charge is -2.04. The molecule has 10 heavy (non-hydrogen) atoms. The number of aromatic amines is 1. The Labute approximate surface area is 58.1 Å². The Bertz CT molecular complexity index is 216. The van der Waals surface area contributed by atoms with E-state index in [0.29, 0.717) is 0 Å². The topological polar surface area (TPSA) is 61.9 Å². The number of H-pyrrole nitrogens is 1. The second kappa shape index (κ2) is 2.47. The summed E-state index contributed by atoms with van der Waals surface area (Å²) in [6.45, 7) is 0. The van der Waals surface area contributed by atoms with E-state index < -0.39 is 0 Å². The van der Waals surface area contributed by atoms with Gasteiger partial charge in [-0.15, -0.1) is 5.10 Å². The molecule has 1 amide bonds. The molecule has 5 heteroatoms. The number of aromatic nitrogens is 3. The summed E-state index contributed by atoms with van der Waals surface area (Å²) in [7, 11) is 3.30. The summed E-state index contributed by atoms with van der Waals surface area (Å²) in [5, 5.41) is 6.07. The predicted molar refractivity (Wildman–Crippen MR) is 34.4 cm³/mol. The van der Waals surface area contributed by atoms with Crippen LogP contribution in [0.15, 0.2) is 6.33 Å². The zero-order valence-corrected chi connectivity index (χ0v) is 5.83. The molecule has 0 bridgehead atoms. The molecule has 0 atom stereocenters. The SMILES string of the molecule is CN(C)C(=O)c1nc[nH]n1. The van der Waals surface area contributed by atoms with E-state index >= 15 is 0 Å². The molecule has 1 aromatic rings. The molecule has 0 unspecified atom stereocenters. The van der Waals surface area contributed by atoms with E-state index in [1.165, 1.54) is 11.2 Å². The maximum absolute atomic E-state index is 11.0. The molecule has 0 fully saturated rings. The number of amides is 1. The highest BCUT2D eigenvalue weighted by Crippen LogP contribution is 1.89. The molecule has 1 N–H and O–H groups in total. The highest BCUT2D eigenvalue weighted by atomic mass is 16.2. The zero-order chi connectivity index (χ0) is 7.56. The first-order chi connectivity index (χ1) is 4.72. The minimum atomic E-state index is -0.193. The predicted octanol–water partition coefficient (Wildman–Crippen LogP) is -0.493. The van der Waals surface area contributed by atoms with Crippen molar-refractivity contribution < 1.29 is 4.79 Å². The van der Waals surface area contributed by atoms with Crippen molar-refractivity contribution in [3.05, 3.63) is 12.2 Å². The van der Waals surface area contributed by atoms with E-state index in [4.69, 9.17) is 0 Å². The van der Waals surface area contributed by atoms with Crippen LogP contribution in [0, 0.1) is 0 Å². The van der Waals surface area contributed by atoms with E-state index in [9.17, 15) is 4.79 Å². The Morgan fingerprint density at radius 3 is 2.80 bits per heavy atom. The maximum Gasteiger partial charge on any atom is 0.292 e. The van der Waals surface area contributed by atoms with Crippen LogP contribution in [0.4, 0.5) is 0 Å². The van der Waals surface area contributed by atoms with Gasteiger partial charge in [0.2, 0.25) is 5.82 Å². The first-order valence-corrected chi connectivity index (χ1v) is 2.79. The molecule has 0 spiro atoms. The van der Waals surface area contributed by atoms with Crippen molar-refractivity contribution >= 4 is 5.91 Å². The molecule has 1 aromatic heterocycles. The monoisotopic (exact) mass is 140 g/mol. The molecule has 0 aliphatic carbocycles. The minimum Gasteiger partial charge on any atom is -0.342 e. The Hall–Kier alpha value is -1.39. The van der Waals surface area contributed by atoms with Gasteiger partial charge in [-0.2, -0.15) is 0 Å². The Kier molecular flexibility index (Phi) is 1.66. The summed E-state index contributed by atoms with van der Waals surface area (Å²) in [5.74, 6) is 0.00579. The Morgan fingerprint density at radius 2 is 2.40 bits per heavy atom. The second-order valence-electron chi connectivity index (χ2n) is 2.02. The average molecular weight is 140 g/mol. The fourth-order valence-electron chi connectivity index (χ4n) is 0.512. The molecule has 5 nitrogen and oxygen atoms in total. The van der Waals surface area contributed by atoms with Crippen LogP contribution in [0.1, 0.15) is 10.6 Å². The largest absolute Gasteiger partial charge is 0.342 e. The van der Waals surface area contributed by atoms with Crippen LogP contribution >= 0.6 is 0 Å². The molecule has 54 valence electrons. The van der Waals surface area contributed by atoms with Crippen molar-refractivity contribution in [1.29, 1.82) is 0 Å². The van der Waals surface area contributed by atoms with Crippen molar-refractivity contribution in [3.63, 3.8) is 0 Å². The van der Waals surface area contributed by atoms with E-state index in [0.717, 1.165) is 0 Å². The molecular weight excluding hydrogens is 132 g/mol. The first kappa shape index (κ1) is 6.73. The quantitative estimate of drug-likeness (QED) is 0.572. The second-order valence-corrected chi connectivity index (χ2v) is 2.02. The molecule has 1 rings (SSSR count). The average Bonchev–Trinajstić information content (AvgIpc) is 2.36. The van der Waals surface area contributed by atoms with E-state index in [2.05, 4.69) is 15.2 Å². The van der Waals surface area contributed by atoms with Crippen LogP contribution in [-0.4, -0.2) is 40.1 Å². The molecule has 0 aromatic carbocycles. The number of hydrogen-bond acceptors (Lipinski definition) is 3. The summed E-state index contributed by atoms with van der Waals surface area (Å²) in [5.41, 5.74) is 0. The maximum atomic E-state index is 11.0. The Balaban J connectivity index is 2.78. The van der Waals surface area contributed by atoms with E-state index in [1.54, 1.807) is 14.1 Å². The van der Waals surface area contributed by atoms with Crippen molar-refractivity contribution in [3.8, 4) is 0 Å². The number of hydrogen-bond donors (Lipinski definition) is 1. The van der Waals surface area contributed by atoms with Gasteiger partial charge in [0.05, 0.1) is 0 Å². The van der Waals surface area contributed by atoms with Crippen molar-refractivity contribution in [1.82, 2.24) is 20.1 Å². The van der Waals surface area contributed by atoms with Gasteiger partial charge in [0.1, 0.15) is 6.33 Å². The van der Waals surface area contributed by atoms with Gasteiger partial charge in [-0.1, -0.05) is 0 Å². The first-order valence-electron chi connectivity index (χ1n) is 2.79. The highest BCUT2D eigenvalue weighted by Gasteiger charge is 2.10. The van der Waals surface area contributed by atoms with E-state index in [-0.39, 0.29) is 11.7 Å². The van der Waals surface area contributed by atoms with Crippen LogP contribution < -0.4 is 0 Å². The molecule has 0 aliphatic rings. The van der Waals surface area contributed by atoms with Crippen LogP contribution in [0.5, 0.6) is 0 Å².